The van der Waals surface area contributed by atoms with Crippen LogP contribution in [0.5, 0.6) is 0 Å². The monoisotopic (exact) mass is 259 g/mol. The smallest absolute Gasteiger partial charge is 0.276 e. The number of rotatable bonds is 3. The van der Waals surface area contributed by atoms with Gasteiger partial charge in [-0.1, -0.05) is 17.3 Å². The third-order valence-electron chi connectivity index (χ3n) is 2.67. The van der Waals surface area contributed by atoms with Crippen LogP contribution in [0.15, 0.2) is 41.7 Å². The molecule has 7 heteroatoms. The second-order valence-corrected chi connectivity index (χ2v) is 3.87. The van der Waals surface area contributed by atoms with Crippen LogP contribution < -0.4 is 10.6 Å². The minimum atomic E-state index is -0.228. The highest BCUT2D eigenvalue weighted by Crippen LogP contribution is 2.16. The lowest BCUT2D eigenvalue weighted by molar-refractivity contribution is 0.0988. The molecule has 1 aromatic carbocycles. The van der Waals surface area contributed by atoms with Crippen LogP contribution in [0.1, 0.15) is 16.1 Å². The second-order valence-electron chi connectivity index (χ2n) is 3.87. The van der Waals surface area contributed by atoms with Crippen molar-refractivity contribution in [3.05, 3.63) is 47.8 Å². The van der Waals surface area contributed by atoms with Crippen LogP contribution in [0.4, 0.5) is 5.69 Å². The molecule has 0 fully saturated rings. The Kier molecular flexibility index (Phi) is 3.46. The minimum Gasteiger partial charge on any atom is -0.409 e. The van der Waals surface area contributed by atoms with Crippen LogP contribution in [0.2, 0.25) is 0 Å². The van der Waals surface area contributed by atoms with E-state index in [9.17, 15) is 4.79 Å². The third kappa shape index (κ3) is 2.54. The molecule has 7 nitrogen and oxygen atoms in total. The number of benzene rings is 1. The summed E-state index contributed by atoms with van der Waals surface area (Å²) in [5, 5.41) is 17.9. The lowest BCUT2D eigenvalue weighted by Crippen LogP contribution is -2.27. The highest BCUT2D eigenvalue weighted by molar-refractivity contribution is 6.05. The molecule has 0 radical (unpaired) electrons. The highest BCUT2D eigenvalue weighted by Gasteiger charge is 2.15. The molecular formula is C12H13N5O2. The molecule has 19 heavy (non-hydrogen) atoms. The van der Waals surface area contributed by atoms with Crippen LogP contribution in [0.3, 0.4) is 0 Å². The molecule has 0 atom stereocenters. The maximum absolute atomic E-state index is 12.1. The molecule has 2 aromatic rings. The molecule has 0 aliphatic heterocycles. The van der Waals surface area contributed by atoms with E-state index in [1.54, 1.807) is 37.4 Å². The number of amides is 1. The number of aromatic nitrogens is 2. The normalized spacial score (nSPS) is 11.3. The average molecular weight is 259 g/mol. The van der Waals surface area contributed by atoms with Crippen molar-refractivity contribution in [3.63, 3.8) is 0 Å². The Labute approximate surface area is 109 Å². The van der Waals surface area contributed by atoms with Gasteiger partial charge in [-0.05, 0) is 18.2 Å². The fourth-order valence-electron chi connectivity index (χ4n) is 1.60. The molecule has 2 rings (SSSR count). The van der Waals surface area contributed by atoms with Gasteiger partial charge in [0.15, 0.2) is 5.84 Å². The molecule has 4 N–H and O–H groups in total. The maximum atomic E-state index is 12.1. The summed E-state index contributed by atoms with van der Waals surface area (Å²) in [4.78, 5) is 13.5. The number of aromatic amines is 1. The van der Waals surface area contributed by atoms with Crippen LogP contribution in [0.25, 0.3) is 0 Å². The highest BCUT2D eigenvalue weighted by atomic mass is 16.4. The number of nitrogens with one attached hydrogen (secondary N) is 1. The van der Waals surface area contributed by atoms with Gasteiger partial charge in [-0.25, -0.2) is 0 Å². The number of amidine groups is 1. The summed E-state index contributed by atoms with van der Waals surface area (Å²) in [7, 11) is 1.63. The zero-order valence-corrected chi connectivity index (χ0v) is 10.2. The summed E-state index contributed by atoms with van der Waals surface area (Å²) < 4.78 is 0. The Hall–Kier alpha value is -2.83. The fourth-order valence-corrected chi connectivity index (χ4v) is 1.60. The van der Waals surface area contributed by atoms with E-state index in [1.807, 2.05) is 0 Å². The number of nitrogens with two attached hydrogens (primary N) is 1. The first kappa shape index (κ1) is 12.6. The Morgan fingerprint density at radius 1 is 1.47 bits per heavy atom. The van der Waals surface area contributed by atoms with Crippen molar-refractivity contribution in [2.45, 2.75) is 0 Å². The number of anilines is 1. The van der Waals surface area contributed by atoms with Gasteiger partial charge >= 0.3 is 0 Å². The van der Waals surface area contributed by atoms with Crippen LogP contribution in [-0.4, -0.2) is 34.2 Å². The number of oxime groups is 1. The quantitative estimate of drug-likeness (QED) is 0.327. The van der Waals surface area contributed by atoms with Crippen LogP contribution in [0, 0.1) is 0 Å². The lowest BCUT2D eigenvalue weighted by atomic mass is 10.1. The molecular weight excluding hydrogens is 246 g/mol. The van der Waals surface area contributed by atoms with Gasteiger partial charge in [0.25, 0.3) is 5.91 Å². The first-order valence-electron chi connectivity index (χ1n) is 5.49. The van der Waals surface area contributed by atoms with Gasteiger partial charge in [0.2, 0.25) is 0 Å². The van der Waals surface area contributed by atoms with Crippen molar-refractivity contribution in [2.75, 3.05) is 11.9 Å². The Morgan fingerprint density at radius 3 is 2.89 bits per heavy atom. The van der Waals surface area contributed by atoms with Gasteiger partial charge in [0.1, 0.15) is 5.69 Å². The average Bonchev–Trinajstić information content (AvgIpc) is 2.99. The van der Waals surface area contributed by atoms with E-state index >= 15 is 0 Å². The number of hydrogen-bond acceptors (Lipinski definition) is 4. The molecule has 0 bridgehead atoms. The van der Waals surface area contributed by atoms with E-state index in [0.29, 0.717) is 16.9 Å². The molecule has 98 valence electrons. The largest absolute Gasteiger partial charge is 0.409 e. The summed E-state index contributed by atoms with van der Waals surface area (Å²) in [6.45, 7) is 0. The number of hydrogen-bond donors (Lipinski definition) is 3. The van der Waals surface area contributed by atoms with Crippen molar-refractivity contribution < 1.29 is 10.0 Å². The Bertz CT molecular complexity index is 606. The van der Waals surface area contributed by atoms with Crippen molar-refractivity contribution in [3.8, 4) is 0 Å². The van der Waals surface area contributed by atoms with E-state index in [2.05, 4.69) is 15.4 Å². The number of carbonyl (C=O) groups is 1. The van der Waals surface area contributed by atoms with E-state index < -0.39 is 0 Å². The molecule has 0 aliphatic rings. The maximum Gasteiger partial charge on any atom is 0.276 e. The predicted molar refractivity (Wildman–Crippen MR) is 70.3 cm³/mol. The molecule has 0 spiro atoms. The van der Waals surface area contributed by atoms with Crippen LogP contribution in [-0.2, 0) is 0 Å². The number of H-pyrrole nitrogens is 1. The topological polar surface area (TPSA) is 108 Å². The SMILES string of the molecule is CN(C(=O)c1ccn[nH]1)c1cccc(C(N)=NO)c1. The van der Waals surface area contributed by atoms with E-state index in [-0.39, 0.29) is 11.7 Å². The Balaban J connectivity index is 2.29. The predicted octanol–water partition coefficient (Wildman–Crippen LogP) is 0.781. The van der Waals surface area contributed by atoms with Gasteiger partial charge in [-0.15, -0.1) is 0 Å². The van der Waals surface area contributed by atoms with Gasteiger partial charge in [0, 0.05) is 24.5 Å². The first-order valence-corrected chi connectivity index (χ1v) is 5.49. The van der Waals surface area contributed by atoms with Crippen molar-refractivity contribution in [1.29, 1.82) is 0 Å². The molecule has 0 saturated carbocycles. The lowest BCUT2D eigenvalue weighted by Gasteiger charge is -2.17. The zero-order valence-electron chi connectivity index (χ0n) is 10.2. The van der Waals surface area contributed by atoms with E-state index in [1.165, 1.54) is 11.1 Å². The fraction of sp³-hybridized carbons (Fsp3) is 0.0833. The first-order chi connectivity index (χ1) is 9.13. The molecule has 0 unspecified atom stereocenters. The molecule has 0 aliphatic carbocycles. The summed E-state index contributed by atoms with van der Waals surface area (Å²) in [6.07, 6.45) is 1.51. The molecule has 1 amide bonds. The van der Waals surface area contributed by atoms with Crippen molar-refractivity contribution in [1.82, 2.24) is 10.2 Å². The number of carbonyl (C=O) groups excluding carboxylic acids is 1. The van der Waals surface area contributed by atoms with Crippen LogP contribution >= 0.6 is 0 Å². The minimum absolute atomic E-state index is 0.00996. The summed E-state index contributed by atoms with van der Waals surface area (Å²) >= 11 is 0. The van der Waals surface area contributed by atoms with Crippen molar-refractivity contribution >= 4 is 17.4 Å². The van der Waals surface area contributed by atoms with Gasteiger partial charge in [-0.3, -0.25) is 9.89 Å². The zero-order chi connectivity index (χ0) is 13.8. The molecule has 0 saturated heterocycles. The second kappa shape index (κ2) is 5.21. The van der Waals surface area contributed by atoms with Gasteiger partial charge in [-0.2, -0.15) is 5.10 Å². The molecule has 1 aromatic heterocycles. The van der Waals surface area contributed by atoms with Gasteiger partial charge in [0.05, 0.1) is 0 Å². The third-order valence-corrected chi connectivity index (χ3v) is 2.67. The Morgan fingerprint density at radius 2 is 2.26 bits per heavy atom. The summed E-state index contributed by atoms with van der Waals surface area (Å²) in [6, 6.07) is 8.41. The van der Waals surface area contributed by atoms with Gasteiger partial charge < -0.3 is 15.8 Å². The summed E-state index contributed by atoms with van der Waals surface area (Å²) in [5.41, 5.74) is 7.06. The number of nitrogens with zero attached hydrogens (tertiary/aromatic N) is 3. The standard InChI is InChI=1S/C12H13N5O2/c1-17(12(18)10-5-6-14-15-10)9-4-2-3-8(7-9)11(13)16-19/h2-7,19H,1H3,(H2,13,16)(H,14,15). The molecule has 1 heterocycles. The van der Waals surface area contributed by atoms with Crippen molar-refractivity contribution in [2.24, 2.45) is 10.9 Å². The van der Waals surface area contributed by atoms with E-state index in [0.717, 1.165) is 0 Å². The van der Waals surface area contributed by atoms with E-state index in [4.69, 9.17) is 10.9 Å². The summed E-state index contributed by atoms with van der Waals surface area (Å²) in [5.74, 6) is -0.238.